The van der Waals surface area contributed by atoms with E-state index < -0.39 is 0 Å². The summed E-state index contributed by atoms with van der Waals surface area (Å²) in [5.74, 6) is 2.05. The van der Waals surface area contributed by atoms with Crippen LogP contribution in [0.4, 0.5) is 0 Å². The summed E-state index contributed by atoms with van der Waals surface area (Å²) in [6, 6.07) is 49.3. The molecule has 220 valence electrons. The Hall–Kier alpha value is -5.74. The van der Waals surface area contributed by atoms with Crippen molar-refractivity contribution in [2.75, 3.05) is 0 Å². The van der Waals surface area contributed by atoms with Crippen molar-refractivity contribution in [2.24, 2.45) is 0 Å². The minimum Gasteiger partial charge on any atom is -0.258 e. The van der Waals surface area contributed by atoms with Gasteiger partial charge in [-0.1, -0.05) is 121 Å². The van der Waals surface area contributed by atoms with Crippen LogP contribution < -0.4 is 0 Å². The third-order valence-corrected chi connectivity index (χ3v) is 8.93. The van der Waals surface area contributed by atoms with Crippen LogP contribution in [0.3, 0.4) is 0 Å². The van der Waals surface area contributed by atoms with Crippen LogP contribution in [0.2, 0.25) is 0 Å². The first-order valence-electron chi connectivity index (χ1n) is 15.7. The maximum absolute atomic E-state index is 5.04. The molecule has 0 N–H and O–H groups in total. The number of rotatable bonds is 5. The zero-order valence-corrected chi connectivity index (χ0v) is 25.9. The molecular weight excluding hydrogens is 560 g/mol. The van der Waals surface area contributed by atoms with Gasteiger partial charge in [-0.25, -0.2) is 15.0 Å². The Labute approximate surface area is 269 Å². The van der Waals surface area contributed by atoms with Crippen LogP contribution in [0, 0.1) is 13.8 Å². The van der Waals surface area contributed by atoms with Crippen molar-refractivity contribution in [3.63, 3.8) is 0 Å². The average Bonchev–Trinajstić information content (AvgIpc) is 3.11. The molecule has 46 heavy (non-hydrogen) atoms. The Morgan fingerprint density at radius 3 is 1.91 bits per heavy atom. The van der Waals surface area contributed by atoms with Crippen molar-refractivity contribution in [2.45, 2.75) is 26.2 Å². The summed E-state index contributed by atoms with van der Waals surface area (Å²) >= 11 is 0. The fraction of sp³-hybridized carbons (Fsp3) is 0.0952. The van der Waals surface area contributed by atoms with Crippen LogP contribution >= 0.6 is 0 Å². The van der Waals surface area contributed by atoms with Gasteiger partial charge >= 0.3 is 0 Å². The fourth-order valence-electron chi connectivity index (χ4n) is 6.78. The molecule has 2 aromatic heterocycles. The lowest BCUT2D eigenvalue weighted by Crippen LogP contribution is -2.16. The maximum Gasteiger partial charge on any atom is 0.165 e. The molecule has 5 aromatic carbocycles. The number of pyridine rings is 1. The van der Waals surface area contributed by atoms with Crippen LogP contribution in [-0.2, 0) is 6.42 Å². The molecule has 0 saturated heterocycles. The smallest absolute Gasteiger partial charge is 0.165 e. The molecule has 1 unspecified atom stereocenters. The molecule has 2 heterocycles. The van der Waals surface area contributed by atoms with E-state index in [-0.39, 0.29) is 5.92 Å². The molecule has 4 nitrogen and oxygen atoms in total. The number of hydrogen-bond donors (Lipinski definition) is 0. The van der Waals surface area contributed by atoms with Gasteiger partial charge in [-0.05, 0) is 77.4 Å². The molecule has 0 saturated carbocycles. The van der Waals surface area contributed by atoms with Crippen molar-refractivity contribution in [1.29, 1.82) is 0 Å². The molecule has 8 rings (SSSR count). The molecular formula is C42H32N4. The Morgan fingerprint density at radius 2 is 1.11 bits per heavy atom. The zero-order chi connectivity index (χ0) is 31.0. The first-order chi connectivity index (χ1) is 22.6. The molecule has 0 fully saturated rings. The van der Waals surface area contributed by atoms with Gasteiger partial charge < -0.3 is 0 Å². The van der Waals surface area contributed by atoms with E-state index in [0.29, 0.717) is 17.5 Å². The minimum atomic E-state index is 0.145. The summed E-state index contributed by atoms with van der Waals surface area (Å²) in [7, 11) is 0. The minimum absolute atomic E-state index is 0.145. The second kappa shape index (κ2) is 11.6. The highest BCUT2D eigenvalue weighted by Crippen LogP contribution is 2.45. The normalized spacial score (nSPS) is 13.6. The van der Waals surface area contributed by atoms with Gasteiger partial charge in [0.1, 0.15) is 0 Å². The zero-order valence-electron chi connectivity index (χ0n) is 25.9. The highest BCUT2D eigenvalue weighted by Gasteiger charge is 2.29. The molecule has 1 aliphatic carbocycles. The lowest BCUT2D eigenvalue weighted by Gasteiger charge is -2.31. The van der Waals surface area contributed by atoms with E-state index in [2.05, 4.69) is 103 Å². The van der Waals surface area contributed by atoms with Crippen molar-refractivity contribution in [1.82, 2.24) is 19.9 Å². The molecule has 4 heteroatoms. The summed E-state index contributed by atoms with van der Waals surface area (Å²) in [6.45, 7) is 4.01. The van der Waals surface area contributed by atoms with Gasteiger partial charge in [-0.2, -0.15) is 0 Å². The van der Waals surface area contributed by atoms with Crippen molar-refractivity contribution >= 4 is 0 Å². The highest BCUT2D eigenvalue weighted by molar-refractivity contribution is 5.78. The SMILES string of the molecule is Cc1ccc(-c2nc(-c3ccccc3)nc(-c3cccc(-c4cccc5c4C(c4ccccc4)c4ccccc4C5)c3)n2)c(C)n1. The quantitative estimate of drug-likeness (QED) is 0.200. The number of hydrogen-bond acceptors (Lipinski definition) is 4. The van der Waals surface area contributed by atoms with Crippen molar-refractivity contribution in [3.8, 4) is 45.3 Å². The van der Waals surface area contributed by atoms with Crippen LogP contribution in [-0.4, -0.2) is 19.9 Å². The Morgan fingerprint density at radius 1 is 0.478 bits per heavy atom. The van der Waals surface area contributed by atoms with E-state index in [0.717, 1.165) is 40.1 Å². The second-order valence-electron chi connectivity index (χ2n) is 11.9. The lowest BCUT2D eigenvalue weighted by atomic mass is 9.72. The largest absolute Gasteiger partial charge is 0.258 e. The first kappa shape index (κ1) is 27.8. The third kappa shape index (κ3) is 5.08. The van der Waals surface area contributed by atoms with Crippen LogP contribution in [0.5, 0.6) is 0 Å². The predicted octanol–water partition coefficient (Wildman–Crippen LogP) is 9.64. The van der Waals surface area contributed by atoms with Gasteiger partial charge in [0.25, 0.3) is 0 Å². The summed E-state index contributed by atoms with van der Waals surface area (Å²) in [5.41, 5.74) is 13.8. The topological polar surface area (TPSA) is 51.6 Å². The molecule has 0 bridgehead atoms. The van der Waals surface area contributed by atoms with Crippen molar-refractivity contribution in [3.05, 3.63) is 179 Å². The molecule has 0 spiro atoms. The van der Waals surface area contributed by atoms with Crippen molar-refractivity contribution < 1.29 is 0 Å². The van der Waals surface area contributed by atoms with E-state index in [9.17, 15) is 0 Å². The predicted molar refractivity (Wildman–Crippen MR) is 185 cm³/mol. The van der Waals surface area contributed by atoms with Crippen LogP contribution in [0.25, 0.3) is 45.3 Å². The van der Waals surface area contributed by atoms with Gasteiger partial charge in [0, 0.05) is 34.0 Å². The average molecular weight is 593 g/mol. The van der Waals surface area contributed by atoms with E-state index >= 15 is 0 Å². The molecule has 0 radical (unpaired) electrons. The maximum atomic E-state index is 5.04. The molecule has 1 aliphatic rings. The Bertz CT molecular complexity index is 2210. The summed E-state index contributed by atoms with van der Waals surface area (Å²) in [5, 5.41) is 0. The second-order valence-corrected chi connectivity index (χ2v) is 11.9. The van der Waals surface area contributed by atoms with Crippen LogP contribution in [0.1, 0.15) is 45.1 Å². The lowest BCUT2D eigenvalue weighted by molar-refractivity contribution is 0.888. The van der Waals surface area contributed by atoms with E-state index in [1.165, 1.54) is 33.4 Å². The fourth-order valence-corrected chi connectivity index (χ4v) is 6.78. The molecule has 1 atom stereocenters. The number of benzene rings is 5. The van der Waals surface area contributed by atoms with E-state index in [4.69, 9.17) is 19.9 Å². The van der Waals surface area contributed by atoms with Gasteiger partial charge in [0.2, 0.25) is 0 Å². The summed E-state index contributed by atoms with van der Waals surface area (Å²) < 4.78 is 0. The van der Waals surface area contributed by atoms with Crippen LogP contribution in [0.15, 0.2) is 140 Å². The van der Waals surface area contributed by atoms with Gasteiger partial charge in [-0.15, -0.1) is 0 Å². The van der Waals surface area contributed by atoms with Gasteiger partial charge in [0.15, 0.2) is 17.5 Å². The van der Waals surface area contributed by atoms with E-state index in [1.807, 2.05) is 50.2 Å². The number of fused-ring (bicyclic) bond motifs is 2. The Balaban J connectivity index is 1.29. The number of aromatic nitrogens is 4. The summed E-state index contributed by atoms with van der Waals surface area (Å²) in [6.07, 6.45) is 0.920. The van der Waals surface area contributed by atoms with Gasteiger partial charge in [-0.3, -0.25) is 4.98 Å². The number of aryl methyl sites for hydroxylation is 2. The van der Waals surface area contributed by atoms with E-state index in [1.54, 1.807) is 0 Å². The third-order valence-electron chi connectivity index (χ3n) is 8.93. The Kier molecular flexibility index (Phi) is 7.03. The standard InChI is InChI=1S/C42H32N4/c1-27-23-24-35(28(2)43-27)42-45-40(30-15-7-4-8-16-30)44-41(46-42)34-20-11-18-32(26-34)37-22-12-19-33-25-31-17-9-10-21-36(31)38(39(33)37)29-13-5-3-6-14-29/h3-24,26,38H,25H2,1-2H3. The first-order valence-corrected chi connectivity index (χ1v) is 15.7. The molecule has 7 aromatic rings. The molecule has 0 aliphatic heterocycles. The molecule has 0 amide bonds. The number of nitrogens with zero attached hydrogens (tertiary/aromatic N) is 4. The monoisotopic (exact) mass is 592 g/mol. The van der Waals surface area contributed by atoms with Gasteiger partial charge in [0.05, 0.1) is 0 Å². The summed E-state index contributed by atoms with van der Waals surface area (Å²) in [4.78, 5) is 19.7. The highest BCUT2D eigenvalue weighted by atomic mass is 15.0.